The molecular formula is C25H18Cl2N2O4. The highest BCUT2D eigenvalue weighted by molar-refractivity contribution is 6.42. The van der Waals surface area contributed by atoms with Crippen LogP contribution in [-0.2, 0) is 16.2 Å². The summed E-state index contributed by atoms with van der Waals surface area (Å²) in [6.07, 6.45) is 1.41. The minimum atomic E-state index is -0.796. The third kappa shape index (κ3) is 4.92. The van der Waals surface area contributed by atoms with Crippen LogP contribution in [0.1, 0.15) is 16.7 Å². The van der Waals surface area contributed by atoms with Crippen LogP contribution in [0.2, 0.25) is 10.0 Å². The fraction of sp³-hybridized carbons (Fsp3) is 0.0800. The molecule has 33 heavy (non-hydrogen) atoms. The number of nitrogens with one attached hydrogen (secondary N) is 1. The minimum Gasteiger partial charge on any atom is -0.488 e. The Morgan fingerprint density at radius 1 is 0.939 bits per heavy atom. The highest BCUT2D eigenvalue weighted by Crippen LogP contribution is 2.27. The van der Waals surface area contributed by atoms with Crippen molar-refractivity contribution in [2.75, 3.05) is 4.90 Å². The molecule has 1 aliphatic rings. The lowest BCUT2D eigenvalue weighted by atomic mass is 10.1. The first-order chi connectivity index (χ1) is 15.8. The normalized spacial score (nSPS) is 15.1. The molecular weight excluding hydrogens is 463 g/mol. The molecule has 0 atom stereocenters. The van der Waals surface area contributed by atoms with Gasteiger partial charge in [0, 0.05) is 5.56 Å². The second-order valence-electron chi connectivity index (χ2n) is 7.37. The Bertz CT molecular complexity index is 1290. The average Bonchev–Trinajstić information content (AvgIpc) is 2.79. The van der Waals surface area contributed by atoms with Gasteiger partial charge in [0.25, 0.3) is 11.8 Å². The van der Waals surface area contributed by atoms with Crippen LogP contribution >= 0.6 is 23.2 Å². The van der Waals surface area contributed by atoms with Crippen LogP contribution in [0.25, 0.3) is 6.08 Å². The van der Waals surface area contributed by atoms with Gasteiger partial charge in [-0.3, -0.25) is 14.9 Å². The third-order valence-corrected chi connectivity index (χ3v) is 5.73. The zero-order valence-electron chi connectivity index (χ0n) is 17.5. The zero-order valence-corrected chi connectivity index (χ0v) is 19.0. The summed E-state index contributed by atoms with van der Waals surface area (Å²) in [4.78, 5) is 38.9. The van der Waals surface area contributed by atoms with Gasteiger partial charge in [-0.25, -0.2) is 9.69 Å². The van der Waals surface area contributed by atoms with E-state index in [9.17, 15) is 14.4 Å². The van der Waals surface area contributed by atoms with Crippen LogP contribution in [-0.4, -0.2) is 17.8 Å². The van der Waals surface area contributed by atoms with Crippen LogP contribution in [0.15, 0.2) is 72.3 Å². The molecule has 1 heterocycles. The molecule has 0 saturated carbocycles. The average molecular weight is 481 g/mol. The summed E-state index contributed by atoms with van der Waals surface area (Å²) >= 11 is 12.0. The number of nitrogens with zero attached hydrogens (tertiary/aromatic N) is 1. The molecule has 8 heteroatoms. The van der Waals surface area contributed by atoms with Crippen LogP contribution < -0.4 is 15.0 Å². The van der Waals surface area contributed by atoms with E-state index in [1.165, 1.54) is 6.08 Å². The van der Waals surface area contributed by atoms with E-state index in [4.69, 9.17) is 27.9 Å². The van der Waals surface area contributed by atoms with E-state index < -0.39 is 17.8 Å². The highest BCUT2D eigenvalue weighted by atomic mass is 35.5. The Balaban J connectivity index is 1.62. The second kappa shape index (κ2) is 9.48. The van der Waals surface area contributed by atoms with Gasteiger partial charge < -0.3 is 4.74 Å². The Kier molecular flexibility index (Phi) is 6.49. The molecule has 4 rings (SSSR count). The number of imide groups is 2. The second-order valence-corrected chi connectivity index (χ2v) is 8.18. The monoisotopic (exact) mass is 480 g/mol. The van der Waals surface area contributed by atoms with Crippen molar-refractivity contribution in [3.63, 3.8) is 0 Å². The summed E-state index contributed by atoms with van der Waals surface area (Å²) in [6.45, 7) is 2.09. The Labute approximate surface area is 200 Å². The number of rotatable bonds is 5. The minimum absolute atomic E-state index is 0.180. The standard InChI is InChI=1S/C25H18Cl2N2O4/c1-15-6-9-18(10-7-15)29-24(31)19(23(30)28-25(29)32)13-17-4-2-3-5-22(17)33-14-16-8-11-20(26)21(27)12-16/h2-13H,14H2,1H3,(H,28,30,32)/b19-13+. The van der Waals surface area contributed by atoms with Gasteiger partial charge in [-0.05, 0) is 48.9 Å². The molecule has 1 aliphatic heterocycles. The summed E-state index contributed by atoms with van der Waals surface area (Å²) < 4.78 is 5.91. The predicted octanol–water partition coefficient (Wildman–Crippen LogP) is 5.55. The Morgan fingerprint density at radius 3 is 2.39 bits per heavy atom. The van der Waals surface area contributed by atoms with Crippen molar-refractivity contribution in [3.8, 4) is 5.75 Å². The zero-order chi connectivity index (χ0) is 23.5. The first-order valence-electron chi connectivity index (χ1n) is 9.97. The van der Waals surface area contributed by atoms with Crippen molar-refractivity contribution >= 4 is 52.8 Å². The van der Waals surface area contributed by atoms with Gasteiger partial charge in [0.2, 0.25) is 0 Å². The molecule has 0 unspecified atom stereocenters. The molecule has 1 saturated heterocycles. The number of ether oxygens (including phenoxy) is 1. The Morgan fingerprint density at radius 2 is 1.67 bits per heavy atom. The van der Waals surface area contributed by atoms with Crippen LogP contribution in [0.3, 0.4) is 0 Å². The van der Waals surface area contributed by atoms with Gasteiger partial charge in [-0.15, -0.1) is 0 Å². The molecule has 0 radical (unpaired) electrons. The number of benzene rings is 3. The number of anilines is 1. The molecule has 3 aromatic carbocycles. The maximum atomic E-state index is 13.1. The van der Waals surface area contributed by atoms with E-state index in [1.807, 2.05) is 6.92 Å². The lowest BCUT2D eigenvalue weighted by Gasteiger charge is -2.26. The molecule has 6 nitrogen and oxygen atoms in total. The molecule has 0 aliphatic carbocycles. The largest absolute Gasteiger partial charge is 0.488 e. The number of hydrogen-bond acceptors (Lipinski definition) is 4. The summed E-state index contributed by atoms with van der Waals surface area (Å²) in [7, 11) is 0. The SMILES string of the molecule is Cc1ccc(N2C(=O)NC(=O)/C(=C\c3ccccc3OCc3ccc(Cl)c(Cl)c3)C2=O)cc1. The van der Waals surface area contributed by atoms with Gasteiger partial charge in [-0.2, -0.15) is 0 Å². The lowest BCUT2D eigenvalue weighted by molar-refractivity contribution is -0.122. The number of hydrogen-bond donors (Lipinski definition) is 1. The molecule has 0 aromatic heterocycles. The van der Waals surface area contributed by atoms with Gasteiger partial charge in [-0.1, -0.05) is 65.2 Å². The number of halogens is 2. The van der Waals surface area contributed by atoms with Crippen molar-refractivity contribution in [2.45, 2.75) is 13.5 Å². The Hall–Kier alpha value is -3.61. The first-order valence-corrected chi connectivity index (χ1v) is 10.7. The number of barbiturate groups is 1. The third-order valence-electron chi connectivity index (χ3n) is 4.99. The van der Waals surface area contributed by atoms with Crippen molar-refractivity contribution in [3.05, 3.63) is 99.0 Å². The smallest absolute Gasteiger partial charge is 0.335 e. The molecule has 0 spiro atoms. The molecule has 166 valence electrons. The number of aryl methyl sites for hydroxylation is 1. The summed E-state index contributed by atoms with van der Waals surface area (Å²) in [5.74, 6) is -1.03. The predicted molar refractivity (Wildman–Crippen MR) is 127 cm³/mol. The van der Waals surface area contributed by atoms with Gasteiger partial charge in [0.1, 0.15) is 17.9 Å². The number of para-hydroxylation sites is 1. The van der Waals surface area contributed by atoms with Crippen molar-refractivity contribution in [2.24, 2.45) is 0 Å². The van der Waals surface area contributed by atoms with E-state index in [2.05, 4.69) is 5.32 Å². The number of amides is 4. The highest BCUT2D eigenvalue weighted by Gasteiger charge is 2.36. The molecule has 0 bridgehead atoms. The topological polar surface area (TPSA) is 75.7 Å². The first kappa shape index (κ1) is 22.6. The van der Waals surface area contributed by atoms with E-state index in [0.717, 1.165) is 16.0 Å². The van der Waals surface area contributed by atoms with Crippen molar-refractivity contribution < 1.29 is 19.1 Å². The fourth-order valence-corrected chi connectivity index (χ4v) is 3.58. The van der Waals surface area contributed by atoms with Gasteiger partial charge >= 0.3 is 6.03 Å². The summed E-state index contributed by atoms with van der Waals surface area (Å²) in [6, 6.07) is 18.2. The van der Waals surface area contributed by atoms with Crippen LogP contribution in [0, 0.1) is 6.92 Å². The van der Waals surface area contributed by atoms with E-state index in [0.29, 0.717) is 27.0 Å². The van der Waals surface area contributed by atoms with Gasteiger partial charge in [0.15, 0.2) is 0 Å². The number of urea groups is 1. The van der Waals surface area contributed by atoms with E-state index in [1.54, 1.807) is 66.7 Å². The fourth-order valence-electron chi connectivity index (χ4n) is 3.26. The van der Waals surface area contributed by atoms with Crippen molar-refractivity contribution in [1.29, 1.82) is 0 Å². The van der Waals surface area contributed by atoms with E-state index in [-0.39, 0.29) is 12.2 Å². The van der Waals surface area contributed by atoms with Crippen LogP contribution in [0.5, 0.6) is 5.75 Å². The quantitative estimate of drug-likeness (QED) is 0.383. The molecule has 1 fully saturated rings. The molecule has 1 N–H and O–H groups in total. The molecule has 3 aromatic rings. The molecule has 4 amide bonds. The van der Waals surface area contributed by atoms with Gasteiger partial charge in [0.05, 0.1) is 15.7 Å². The maximum Gasteiger partial charge on any atom is 0.335 e. The number of carbonyl (C=O) groups is 3. The lowest BCUT2D eigenvalue weighted by Crippen LogP contribution is -2.54. The van der Waals surface area contributed by atoms with E-state index >= 15 is 0 Å². The summed E-state index contributed by atoms with van der Waals surface area (Å²) in [5, 5.41) is 3.08. The number of carbonyl (C=O) groups excluding carboxylic acids is 3. The van der Waals surface area contributed by atoms with Crippen LogP contribution in [0.4, 0.5) is 10.5 Å². The summed E-state index contributed by atoms with van der Waals surface area (Å²) in [5.41, 5.74) is 2.47. The maximum absolute atomic E-state index is 13.1. The van der Waals surface area contributed by atoms with Crippen molar-refractivity contribution in [1.82, 2.24) is 5.32 Å².